The number of ether oxygens (including phenoxy) is 1. The number of likely N-dealkylation sites (N-methyl/N-ethyl adjacent to an activating group) is 1. The molecule has 0 unspecified atom stereocenters. The quantitative estimate of drug-likeness (QED) is 0.911. The number of benzene rings is 1. The van der Waals surface area contributed by atoms with Crippen molar-refractivity contribution in [3.05, 3.63) is 41.2 Å². The van der Waals surface area contributed by atoms with E-state index in [1.165, 1.54) is 5.56 Å². The summed E-state index contributed by atoms with van der Waals surface area (Å²) in [6.07, 6.45) is 0.819. The lowest BCUT2D eigenvalue weighted by molar-refractivity contribution is 0.0724. The Morgan fingerprint density at radius 3 is 2.95 bits per heavy atom. The van der Waals surface area contributed by atoms with Crippen LogP contribution in [0.2, 0.25) is 0 Å². The molecule has 1 atom stereocenters. The standard InChI is InChI=1S/C14H16N4O2/c1-9-13(16-17-15-9)14(19)18(2)8-11-7-10-5-3-4-6-12(10)20-11/h3-6,11H,7-8H2,1-2H3,(H,15,16,17)/t11-/m1/s1. The van der Waals surface area contributed by atoms with Crippen molar-refractivity contribution in [1.29, 1.82) is 0 Å². The van der Waals surface area contributed by atoms with Gasteiger partial charge in [0.2, 0.25) is 0 Å². The second kappa shape index (κ2) is 4.96. The van der Waals surface area contributed by atoms with E-state index >= 15 is 0 Å². The Bertz CT molecular complexity index is 613. The fourth-order valence-electron chi connectivity index (χ4n) is 2.41. The molecule has 1 N–H and O–H groups in total. The van der Waals surface area contributed by atoms with Gasteiger partial charge in [-0.1, -0.05) is 18.2 Å². The first kappa shape index (κ1) is 12.7. The topological polar surface area (TPSA) is 71.1 Å². The van der Waals surface area contributed by atoms with Crippen molar-refractivity contribution in [1.82, 2.24) is 20.3 Å². The molecule has 0 saturated carbocycles. The summed E-state index contributed by atoms with van der Waals surface area (Å²) in [5.74, 6) is 0.770. The molecule has 0 spiro atoms. The number of amides is 1. The first-order chi connectivity index (χ1) is 9.65. The maximum absolute atomic E-state index is 12.2. The Labute approximate surface area is 116 Å². The van der Waals surface area contributed by atoms with Crippen LogP contribution in [0.1, 0.15) is 21.7 Å². The number of hydrogen-bond acceptors (Lipinski definition) is 4. The van der Waals surface area contributed by atoms with Crippen LogP contribution in [-0.4, -0.2) is 45.9 Å². The van der Waals surface area contributed by atoms with Crippen LogP contribution in [0.4, 0.5) is 0 Å². The van der Waals surface area contributed by atoms with Gasteiger partial charge in [-0.2, -0.15) is 15.4 Å². The van der Waals surface area contributed by atoms with Crippen molar-refractivity contribution in [2.24, 2.45) is 0 Å². The van der Waals surface area contributed by atoms with Crippen LogP contribution < -0.4 is 4.74 Å². The molecule has 0 saturated heterocycles. The molecule has 1 amide bonds. The number of H-pyrrole nitrogens is 1. The van der Waals surface area contributed by atoms with Crippen LogP contribution in [0.15, 0.2) is 24.3 Å². The summed E-state index contributed by atoms with van der Waals surface area (Å²) < 4.78 is 5.84. The van der Waals surface area contributed by atoms with Gasteiger partial charge in [0.05, 0.1) is 12.2 Å². The number of carbonyl (C=O) groups is 1. The number of carbonyl (C=O) groups excluding carboxylic acids is 1. The van der Waals surface area contributed by atoms with Crippen LogP contribution in [0, 0.1) is 6.92 Å². The Morgan fingerprint density at radius 1 is 1.45 bits per heavy atom. The van der Waals surface area contributed by atoms with E-state index in [1.54, 1.807) is 18.9 Å². The number of aryl methyl sites for hydroxylation is 1. The van der Waals surface area contributed by atoms with Gasteiger partial charge >= 0.3 is 0 Å². The van der Waals surface area contributed by atoms with E-state index in [0.717, 1.165) is 12.2 Å². The molecule has 1 aliphatic rings. The molecule has 1 aliphatic heterocycles. The van der Waals surface area contributed by atoms with Gasteiger partial charge in [0.15, 0.2) is 5.69 Å². The average molecular weight is 272 g/mol. The number of fused-ring (bicyclic) bond motifs is 1. The maximum Gasteiger partial charge on any atom is 0.276 e. The zero-order chi connectivity index (χ0) is 14.1. The zero-order valence-electron chi connectivity index (χ0n) is 11.5. The van der Waals surface area contributed by atoms with Crippen LogP contribution in [-0.2, 0) is 6.42 Å². The van der Waals surface area contributed by atoms with E-state index in [9.17, 15) is 4.79 Å². The number of rotatable bonds is 3. The van der Waals surface area contributed by atoms with E-state index in [2.05, 4.69) is 21.5 Å². The van der Waals surface area contributed by atoms with Crippen LogP contribution in [0.3, 0.4) is 0 Å². The lowest BCUT2D eigenvalue weighted by Gasteiger charge is -2.20. The summed E-state index contributed by atoms with van der Waals surface area (Å²) in [6.45, 7) is 2.28. The van der Waals surface area contributed by atoms with Gasteiger partial charge < -0.3 is 9.64 Å². The number of aromatic nitrogens is 3. The summed E-state index contributed by atoms with van der Waals surface area (Å²) in [6, 6.07) is 7.96. The van der Waals surface area contributed by atoms with Gasteiger partial charge in [-0.15, -0.1) is 0 Å². The second-order valence-corrected chi connectivity index (χ2v) is 5.00. The van der Waals surface area contributed by atoms with E-state index < -0.39 is 0 Å². The number of para-hydroxylation sites is 1. The minimum Gasteiger partial charge on any atom is -0.488 e. The lowest BCUT2D eigenvalue weighted by atomic mass is 10.1. The van der Waals surface area contributed by atoms with Crippen molar-refractivity contribution in [2.75, 3.05) is 13.6 Å². The zero-order valence-corrected chi connectivity index (χ0v) is 11.5. The van der Waals surface area contributed by atoms with Crippen molar-refractivity contribution < 1.29 is 9.53 Å². The van der Waals surface area contributed by atoms with Crippen molar-refractivity contribution in [2.45, 2.75) is 19.4 Å². The SMILES string of the molecule is Cc1n[nH]nc1C(=O)N(C)C[C@H]1Cc2ccccc2O1. The Morgan fingerprint density at radius 2 is 2.25 bits per heavy atom. The van der Waals surface area contributed by atoms with Gasteiger partial charge in [0.1, 0.15) is 11.9 Å². The summed E-state index contributed by atoms with van der Waals surface area (Å²) in [7, 11) is 1.75. The highest BCUT2D eigenvalue weighted by Crippen LogP contribution is 2.28. The largest absolute Gasteiger partial charge is 0.488 e. The first-order valence-electron chi connectivity index (χ1n) is 6.52. The molecule has 20 heavy (non-hydrogen) atoms. The molecule has 0 bridgehead atoms. The summed E-state index contributed by atoms with van der Waals surface area (Å²) in [4.78, 5) is 13.9. The summed E-state index contributed by atoms with van der Waals surface area (Å²) >= 11 is 0. The van der Waals surface area contributed by atoms with E-state index in [4.69, 9.17) is 4.74 Å². The third kappa shape index (κ3) is 2.24. The minimum atomic E-state index is -0.143. The molecular formula is C14H16N4O2. The second-order valence-electron chi connectivity index (χ2n) is 5.00. The molecular weight excluding hydrogens is 256 g/mol. The predicted octanol–water partition coefficient (Wildman–Crippen LogP) is 1.19. The third-order valence-corrected chi connectivity index (χ3v) is 3.46. The molecule has 1 aromatic heterocycles. The van der Waals surface area contributed by atoms with E-state index in [0.29, 0.717) is 17.9 Å². The Hall–Kier alpha value is -2.37. The van der Waals surface area contributed by atoms with Crippen molar-refractivity contribution in [3.63, 3.8) is 0 Å². The molecule has 1 aromatic carbocycles. The average Bonchev–Trinajstić information content (AvgIpc) is 3.03. The highest BCUT2D eigenvalue weighted by Gasteiger charge is 2.26. The maximum atomic E-state index is 12.2. The molecule has 104 valence electrons. The van der Waals surface area contributed by atoms with Crippen molar-refractivity contribution >= 4 is 5.91 Å². The molecule has 0 fully saturated rings. The monoisotopic (exact) mass is 272 g/mol. The molecule has 6 heteroatoms. The number of nitrogens with zero attached hydrogens (tertiary/aromatic N) is 3. The Balaban J connectivity index is 1.65. The van der Waals surface area contributed by atoms with Crippen LogP contribution >= 0.6 is 0 Å². The number of hydrogen-bond donors (Lipinski definition) is 1. The molecule has 2 aromatic rings. The molecule has 0 radical (unpaired) electrons. The smallest absolute Gasteiger partial charge is 0.276 e. The van der Waals surface area contributed by atoms with Crippen molar-refractivity contribution in [3.8, 4) is 5.75 Å². The molecule has 6 nitrogen and oxygen atoms in total. The van der Waals surface area contributed by atoms with Gasteiger partial charge in [0.25, 0.3) is 5.91 Å². The molecule has 0 aliphatic carbocycles. The van der Waals surface area contributed by atoms with Crippen LogP contribution in [0.25, 0.3) is 0 Å². The van der Waals surface area contributed by atoms with Gasteiger partial charge in [-0.3, -0.25) is 4.79 Å². The summed E-state index contributed by atoms with van der Waals surface area (Å²) in [5.41, 5.74) is 2.16. The van der Waals surface area contributed by atoms with Crippen LogP contribution in [0.5, 0.6) is 5.75 Å². The minimum absolute atomic E-state index is 0.00597. The number of aromatic amines is 1. The van der Waals surface area contributed by atoms with Gasteiger partial charge in [-0.25, -0.2) is 0 Å². The van der Waals surface area contributed by atoms with E-state index in [1.807, 2.05) is 18.2 Å². The predicted molar refractivity (Wildman–Crippen MR) is 72.6 cm³/mol. The molecule has 2 heterocycles. The first-order valence-corrected chi connectivity index (χ1v) is 6.52. The molecule has 3 rings (SSSR count). The lowest BCUT2D eigenvalue weighted by Crippen LogP contribution is -2.36. The third-order valence-electron chi connectivity index (χ3n) is 3.46. The van der Waals surface area contributed by atoms with Gasteiger partial charge in [-0.05, 0) is 18.6 Å². The Kier molecular flexibility index (Phi) is 3.14. The van der Waals surface area contributed by atoms with Gasteiger partial charge in [0, 0.05) is 13.5 Å². The fraction of sp³-hybridized carbons (Fsp3) is 0.357. The summed E-state index contributed by atoms with van der Waals surface area (Å²) in [5, 5.41) is 10.2. The normalized spacial score (nSPS) is 16.6. The highest BCUT2D eigenvalue weighted by atomic mass is 16.5. The number of nitrogens with one attached hydrogen (secondary N) is 1. The van der Waals surface area contributed by atoms with E-state index in [-0.39, 0.29) is 12.0 Å². The highest BCUT2D eigenvalue weighted by molar-refractivity contribution is 5.92. The fourth-order valence-corrected chi connectivity index (χ4v) is 2.41.